The van der Waals surface area contributed by atoms with Gasteiger partial charge in [-0.1, -0.05) is 29.5 Å². The second kappa shape index (κ2) is 10.8. The Morgan fingerprint density at radius 3 is 2.22 bits per heavy atom. The maximum atomic E-state index is 13.0. The highest BCUT2D eigenvalue weighted by Crippen LogP contribution is 2.33. The van der Waals surface area contributed by atoms with Gasteiger partial charge in [0.25, 0.3) is 15.9 Å². The summed E-state index contributed by atoms with van der Waals surface area (Å²) < 4.78 is 45.4. The van der Waals surface area contributed by atoms with Crippen molar-refractivity contribution in [2.45, 2.75) is 11.4 Å². The molecule has 192 valence electrons. The Bertz CT molecular complexity index is 1620. The summed E-state index contributed by atoms with van der Waals surface area (Å²) in [6.45, 7) is -0.168. The first-order chi connectivity index (χ1) is 17.7. The number of ether oxygens (including phenoxy) is 3. The summed E-state index contributed by atoms with van der Waals surface area (Å²) in [6, 6.07) is 17.3. The van der Waals surface area contributed by atoms with Crippen LogP contribution in [0.1, 0.15) is 10.4 Å². The lowest BCUT2D eigenvalue weighted by molar-refractivity contribution is -0.141. The molecule has 12 heteroatoms. The first-order valence-corrected chi connectivity index (χ1v) is 13.1. The molecule has 3 aromatic carbocycles. The highest BCUT2D eigenvalue weighted by atomic mass is 32.2. The standard InChI is InChI=1S/C25H23N3O7S2/c1-33-20-13-19-22(14-21(20)34-2)36-25(28(19)15-23(29)35-3)26-24(30)16-9-11-17(12-10-16)27-37(31,32)18-7-5-4-6-8-18/h4-14,27H,15H2,1-3H3. The van der Waals surface area contributed by atoms with Gasteiger partial charge in [-0.15, -0.1) is 0 Å². The van der Waals surface area contributed by atoms with E-state index in [2.05, 4.69) is 9.71 Å². The first-order valence-electron chi connectivity index (χ1n) is 10.8. The number of hydrogen-bond donors (Lipinski definition) is 1. The highest BCUT2D eigenvalue weighted by molar-refractivity contribution is 7.92. The molecular formula is C25H23N3O7S2. The second-order valence-electron chi connectivity index (χ2n) is 7.63. The molecule has 37 heavy (non-hydrogen) atoms. The summed E-state index contributed by atoms with van der Waals surface area (Å²) in [5.74, 6) is -0.134. The van der Waals surface area contributed by atoms with Crippen LogP contribution in [-0.4, -0.2) is 46.2 Å². The third-order valence-corrected chi connectivity index (χ3v) is 7.78. The number of amides is 1. The summed E-state index contributed by atoms with van der Waals surface area (Å²) in [6.07, 6.45) is 0. The number of carbonyl (C=O) groups excluding carboxylic acids is 2. The number of fused-ring (bicyclic) bond motifs is 1. The summed E-state index contributed by atoms with van der Waals surface area (Å²) in [5, 5.41) is 0. The van der Waals surface area contributed by atoms with Gasteiger partial charge >= 0.3 is 5.97 Å². The van der Waals surface area contributed by atoms with Crippen molar-refractivity contribution in [3.05, 3.63) is 77.1 Å². The lowest BCUT2D eigenvalue weighted by Crippen LogP contribution is -2.22. The number of hydrogen-bond acceptors (Lipinski definition) is 8. The van der Waals surface area contributed by atoms with Crippen molar-refractivity contribution in [1.29, 1.82) is 0 Å². The number of nitrogens with one attached hydrogen (secondary N) is 1. The summed E-state index contributed by atoms with van der Waals surface area (Å²) in [7, 11) is 0.520. The van der Waals surface area contributed by atoms with Crippen molar-refractivity contribution >= 4 is 49.1 Å². The van der Waals surface area contributed by atoms with Crippen LogP contribution in [0.4, 0.5) is 5.69 Å². The highest BCUT2D eigenvalue weighted by Gasteiger charge is 2.17. The molecule has 4 aromatic rings. The summed E-state index contributed by atoms with van der Waals surface area (Å²) in [4.78, 5) is 29.7. The number of rotatable bonds is 8. The number of thiazole rings is 1. The number of anilines is 1. The Kier molecular flexibility index (Phi) is 7.60. The van der Waals surface area contributed by atoms with Gasteiger partial charge in [-0.2, -0.15) is 4.99 Å². The minimum atomic E-state index is -3.77. The predicted octanol–water partition coefficient (Wildman–Crippen LogP) is 3.43. The number of benzene rings is 3. The fourth-order valence-electron chi connectivity index (χ4n) is 3.47. The third kappa shape index (κ3) is 5.65. The van der Waals surface area contributed by atoms with Crippen LogP contribution in [0, 0.1) is 0 Å². The van der Waals surface area contributed by atoms with Crippen LogP contribution in [0.3, 0.4) is 0 Å². The van der Waals surface area contributed by atoms with E-state index in [-0.39, 0.29) is 21.8 Å². The number of nitrogens with zero attached hydrogens (tertiary/aromatic N) is 2. The van der Waals surface area contributed by atoms with Crippen molar-refractivity contribution in [3.63, 3.8) is 0 Å². The maximum absolute atomic E-state index is 13.0. The monoisotopic (exact) mass is 541 g/mol. The number of sulfonamides is 1. The van der Waals surface area contributed by atoms with E-state index in [1.807, 2.05) is 0 Å². The van der Waals surface area contributed by atoms with Crippen LogP contribution in [0.15, 0.2) is 76.6 Å². The molecule has 0 fully saturated rings. The van der Waals surface area contributed by atoms with Gasteiger partial charge in [0.15, 0.2) is 16.3 Å². The molecule has 1 N–H and O–H groups in total. The predicted molar refractivity (Wildman–Crippen MR) is 139 cm³/mol. The Hall–Kier alpha value is -4.16. The van der Waals surface area contributed by atoms with Crippen molar-refractivity contribution in [2.24, 2.45) is 4.99 Å². The van der Waals surface area contributed by atoms with Crippen LogP contribution in [0.5, 0.6) is 11.5 Å². The second-order valence-corrected chi connectivity index (χ2v) is 10.3. The fourth-order valence-corrected chi connectivity index (χ4v) is 5.59. The topological polar surface area (TPSA) is 125 Å². The maximum Gasteiger partial charge on any atom is 0.325 e. The lowest BCUT2D eigenvalue weighted by Gasteiger charge is -2.09. The molecule has 1 aromatic heterocycles. The van der Waals surface area contributed by atoms with Gasteiger partial charge in [-0.05, 0) is 36.4 Å². The van der Waals surface area contributed by atoms with Gasteiger partial charge < -0.3 is 18.8 Å². The largest absolute Gasteiger partial charge is 0.493 e. The minimum absolute atomic E-state index is 0.123. The SMILES string of the molecule is COC(=O)Cn1c(=NC(=O)c2ccc(NS(=O)(=O)c3ccccc3)cc2)sc2cc(OC)c(OC)cc21. The average Bonchev–Trinajstić information content (AvgIpc) is 3.23. The lowest BCUT2D eigenvalue weighted by atomic mass is 10.2. The number of methoxy groups -OCH3 is 3. The molecule has 0 saturated heterocycles. The van der Waals surface area contributed by atoms with E-state index in [9.17, 15) is 18.0 Å². The third-order valence-electron chi connectivity index (χ3n) is 5.34. The van der Waals surface area contributed by atoms with Crippen LogP contribution in [0.25, 0.3) is 10.2 Å². The van der Waals surface area contributed by atoms with Crippen molar-refractivity contribution in [3.8, 4) is 11.5 Å². The first kappa shape index (κ1) is 25.9. The van der Waals surface area contributed by atoms with Crippen molar-refractivity contribution in [2.75, 3.05) is 26.1 Å². The van der Waals surface area contributed by atoms with E-state index in [1.54, 1.807) is 34.9 Å². The summed E-state index contributed by atoms with van der Waals surface area (Å²) >= 11 is 1.20. The minimum Gasteiger partial charge on any atom is -0.493 e. The van der Waals surface area contributed by atoms with Crippen molar-refractivity contribution < 1.29 is 32.2 Å². The van der Waals surface area contributed by atoms with Crippen molar-refractivity contribution in [1.82, 2.24) is 4.57 Å². The molecule has 0 radical (unpaired) electrons. The van der Waals surface area contributed by atoms with E-state index in [0.29, 0.717) is 22.7 Å². The van der Waals surface area contributed by atoms with Gasteiger partial charge in [0.2, 0.25) is 0 Å². The van der Waals surface area contributed by atoms with Gasteiger partial charge in [0.1, 0.15) is 6.54 Å². The van der Waals surface area contributed by atoms with E-state index >= 15 is 0 Å². The van der Waals surface area contributed by atoms with Gasteiger partial charge in [0, 0.05) is 23.4 Å². The molecule has 0 saturated carbocycles. The Morgan fingerprint density at radius 1 is 0.946 bits per heavy atom. The quantitative estimate of drug-likeness (QED) is 0.339. The number of carbonyl (C=O) groups is 2. The molecule has 0 spiro atoms. The molecule has 1 amide bonds. The zero-order valence-corrected chi connectivity index (χ0v) is 21.8. The molecule has 0 aliphatic rings. The summed E-state index contributed by atoms with van der Waals surface area (Å²) in [5.41, 5.74) is 1.15. The Morgan fingerprint density at radius 2 is 1.59 bits per heavy atom. The van der Waals surface area contributed by atoms with Gasteiger partial charge in [-0.3, -0.25) is 14.3 Å². The van der Waals surface area contributed by atoms with Crippen LogP contribution >= 0.6 is 11.3 Å². The molecule has 4 rings (SSSR count). The number of aromatic nitrogens is 1. The molecule has 10 nitrogen and oxygen atoms in total. The smallest absolute Gasteiger partial charge is 0.325 e. The Labute approximate surface area is 216 Å². The van der Waals surface area contributed by atoms with E-state index in [1.165, 1.54) is 69.1 Å². The van der Waals surface area contributed by atoms with Crippen LogP contribution in [0.2, 0.25) is 0 Å². The van der Waals surface area contributed by atoms with E-state index in [0.717, 1.165) is 4.70 Å². The zero-order chi connectivity index (χ0) is 26.6. The molecule has 0 aliphatic carbocycles. The molecule has 0 atom stereocenters. The molecule has 0 aliphatic heterocycles. The van der Waals surface area contributed by atoms with Crippen LogP contribution < -0.4 is 19.0 Å². The van der Waals surface area contributed by atoms with E-state index < -0.39 is 21.9 Å². The molecule has 0 bridgehead atoms. The van der Waals surface area contributed by atoms with E-state index in [4.69, 9.17) is 14.2 Å². The Balaban J connectivity index is 1.68. The normalized spacial score (nSPS) is 11.8. The van der Waals surface area contributed by atoms with Gasteiger partial charge in [-0.25, -0.2) is 8.42 Å². The zero-order valence-electron chi connectivity index (χ0n) is 20.1. The number of esters is 1. The molecule has 1 heterocycles. The molecule has 0 unspecified atom stereocenters. The van der Waals surface area contributed by atoms with Crippen LogP contribution in [-0.2, 0) is 26.1 Å². The fraction of sp³-hybridized carbons (Fsp3) is 0.160. The molecular weight excluding hydrogens is 518 g/mol. The van der Waals surface area contributed by atoms with Gasteiger partial charge in [0.05, 0.1) is 36.4 Å². The average molecular weight is 542 g/mol.